The Bertz CT molecular complexity index is 345. The van der Waals surface area contributed by atoms with E-state index in [2.05, 4.69) is 0 Å². The van der Waals surface area contributed by atoms with Gasteiger partial charge in [-0.05, 0) is 38.5 Å². The minimum absolute atomic E-state index is 0.167. The van der Waals surface area contributed by atoms with Crippen molar-refractivity contribution < 1.29 is 9.53 Å². The van der Waals surface area contributed by atoms with Gasteiger partial charge in [0.1, 0.15) is 0 Å². The number of carbonyl (C=O) groups excluding carboxylic acids is 1. The van der Waals surface area contributed by atoms with Crippen molar-refractivity contribution in [2.45, 2.75) is 20.0 Å². The van der Waals surface area contributed by atoms with Crippen LogP contribution >= 0.6 is 11.6 Å². The van der Waals surface area contributed by atoms with Gasteiger partial charge in [-0.15, -0.1) is 0 Å². The van der Waals surface area contributed by atoms with Crippen LogP contribution in [-0.2, 0) is 4.74 Å². The molecule has 0 heterocycles. The van der Waals surface area contributed by atoms with Crippen LogP contribution in [0.15, 0.2) is 18.2 Å². The lowest BCUT2D eigenvalue weighted by molar-refractivity contribution is 0.0378. The Hall–Kier alpha value is -1.02. The van der Waals surface area contributed by atoms with Crippen LogP contribution in [0.3, 0.4) is 0 Å². The van der Waals surface area contributed by atoms with Crippen molar-refractivity contribution in [2.24, 2.45) is 0 Å². The zero-order valence-electron chi connectivity index (χ0n) is 8.08. The van der Waals surface area contributed by atoms with Crippen LogP contribution in [0.2, 0.25) is 5.02 Å². The zero-order chi connectivity index (χ0) is 10.7. The quantitative estimate of drug-likeness (QED) is 0.702. The molecule has 0 bridgehead atoms. The third-order valence-corrected chi connectivity index (χ3v) is 1.88. The fourth-order valence-electron chi connectivity index (χ4n) is 0.977. The fourth-order valence-corrected chi connectivity index (χ4v) is 1.17. The molecular formula is C11H11ClO2. The predicted molar refractivity (Wildman–Crippen MR) is 55.4 cm³/mol. The molecule has 0 aliphatic heterocycles. The molecule has 1 aromatic carbocycles. The third kappa shape index (κ3) is 2.74. The molecule has 0 fully saturated rings. The van der Waals surface area contributed by atoms with Gasteiger partial charge in [-0.3, -0.25) is 0 Å². The summed E-state index contributed by atoms with van der Waals surface area (Å²) < 4.78 is 4.99. The van der Waals surface area contributed by atoms with E-state index >= 15 is 0 Å². The van der Waals surface area contributed by atoms with Gasteiger partial charge >= 0.3 is 5.97 Å². The van der Waals surface area contributed by atoms with Crippen LogP contribution in [0.1, 0.15) is 29.8 Å². The highest BCUT2D eigenvalue weighted by Crippen LogP contribution is 2.18. The standard InChI is InChI=1S/C11H11ClO2/c1-7(2)14-11(13)9-6-8(3)4-5-10(9)12/h3-7H,1-2H3. The first kappa shape index (κ1) is 11.1. The molecule has 3 heteroatoms. The Morgan fingerprint density at radius 2 is 2.14 bits per heavy atom. The summed E-state index contributed by atoms with van der Waals surface area (Å²) in [6.07, 6.45) is -0.167. The lowest BCUT2D eigenvalue weighted by Gasteiger charge is -2.09. The third-order valence-electron chi connectivity index (χ3n) is 1.55. The van der Waals surface area contributed by atoms with E-state index < -0.39 is 5.97 Å². The second kappa shape index (κ2) is 4.47. The summed E-state index contributed by atoms with van der Waals surface area (Å²) in [6.45, 7) is 9.08. The van der Waals surface area contributed by atoms with Gasteiger partial charge in [0.25, 0.3) is 0 Å². The van der Waals surface area contributed by atoms with Crippen molar-refractivity contribution in [3.05, 3.63) is 41.3 Å². The maximum atomic E-state index is 11.5. The summed E-state index contributed by atoms with van der Waals surface area (Å²) in [7, 11) is 0. The summed E-state index contributed by atoms with van der Waals surface area (Å²) in [4.78, 5) is 11.5. The zero-order valence-corrected chi connectivity index (χ0v) is 8.84. The first-order chi connectivity index (χ1) is 6.50. The highest BCUT2D eigenvalue weighted by Gasteiger charge is 2.12. The molecule has 0 saturated carbocycles. The largest absolute Gasteiger partial charge is 0.459 e. The first-order valence-corrected chi connectivity index (χ1v) is 4.64. The molecule has 1 aromatic rings. The highest BCUT2D eigenvalue weighted by molar-refractivity contribution is 6.33. The van der Waals surface area contributed by atoms with Crippen LogP contribution in [0.4, 0.5) is 0 Å². The Labute approximate surface area is 88.8 Å². The number of rotatable bonds is 2. The van der Waals surface area contributed by atoms with Crippen LogP contribution < -0.4 is 0 Å². The van der Waals surface area contributed by atoms with Crippen LogP contribution in [0.5, 0.6) is 0 Å². The minimum Gasteiger partial charge on any atom is -0.459 e. The summed E-state index contributed by atoms with van der Waals surface area (Å²) >= 11 is 5.82. The van der Waals surface area contributed by atoms with Crippen LogP contribution in [0.25, 0.3) is 0 Å². The lowest BCUT2D eigenvalue weighted by atomic mass is 10.1. The molecule has 0 spiro atoms. The molecular weight excluding hydrogens is 200 g/mol. The summed E-state index contributed by atoms with van der Waals surface area (Å²) in [6, 6.07) is 4.72. The molecule has 0 N–H and O–H groups in total. The van der Waals surface area contributed by atoms with Crippen molar-refractivity contribution in [2.75, 3.05) is 0 Å². The number of halogens is 1. The van der Waals surface area contributed by atoms with E-state index in [0.717, 1.165) is 0 Å². The lowest BCUT2D eigenvalue weighted by Crippen LogP contribution is -2.12. The molecule has 0 aliphatic rings. The van der Waals surface area contributed by atoms with Crippen LogP contribution in [0, 0.1) is 6.92 Å². The van der Waals surface area contributed by atoms with E-state index in [-0.39, 0.29) is 6.10 Å². The smallest absolute Gasteiger partial charge is 0.339 e. The van der Waals surface area contributed by atoms with Crippen molar-refractivity contribution in [1.29, 1.82) is 0 Å². The van der Waals surface area contributed by atoms with Crippen molar-refractivity contribution in [3.63, 3.8) is 0 Å². The molecule has 0 atom stereocenters. The van der Waals surface area contributed by atoms with Crippen molar-refractivity contribution in [3.8, 4) is 0 Å². The van der Waals surface area contributed by atoms with Gasteiger partial charge in [-0.25, -0.2) is 4.79 Å². The van der Waals surface area contributed by atoms with Gasteiger partial charge < -0.3 is 4.74 Å². The van der Waals surface area contributed by atoms with E-state index in [0.29, 0.717) is 16.1 Å². The Kier molecular flexibility index (Phi) is 3.53. The molecule has 2 radical (unpaired) electrons. The molecule has 2 nitrogen and oxygen atoms in total. The van der Waals surface area contributed by atoms with Gasteiger partial charge in [0, 0.05) is 0 Å². The predicted octanol–water partition coefficient (Wildman–Crippen LogP) is 2.96. The molecule has 1 rings (SSSR count). The maximum absolute atomic E-state index is 11.5. The Balaban J connectivity index is 2.94. The topological polar surface area (TPSA) is 26.3 Å². The maximum Gasteiger partial charge on any atom is 0.339 e. The van der Waals surface area contributed by atoms with E-state index in [1.54, 1.807) is 26.0 Å². The molecule has 0 saturated heterocycles. The molecule has 0 unspecified atom stereocenters. The monoisotopic (exact) mass is 210 g/mol. The van der Waals surface area contributed by atoms with Gasteiger partial charge in [0.2, 0.25) is 0 Å². The van der Waals surface area contributed by atoms with Gasteiger partial charge in [0.15, 0.2) is 0 Å². The molecule has 0 aliphatic carbocycles. The summed E-state index contributed by atoms with van der Waals surface area (Å²) in [5.74, 6) is -0.447. The number of hydrogen-bond donors (Lipinski definition) is 0. The van der Waals surface area contributed by atoms with Crippen LogP contribution in [-0.4, -0.2) is 12.1 Å². The summed E-state index contributed by atoms with van der Waals surface area (Å²) in [5, 5.41) is 0.352. The van der Waals surface area contributed by atoms with Gasteiger partial charge in [-0.2, -0.15) is 0 Å². The van der Waals surface area contributed by atoms with Crippen molar-refractivity contribution >= 4 is 17.6 Å². The SMILES string of the molecule is [CH]c1ccc(Cl)c(C(=O)OC(C)C)c1. The second-order valence-corrected chi connectivity index (χ2v) is 3.60. The van der Waals surface area contributed by atoms with E-state index in [1.807, 2.05) is 0 Å². The summed E-state index contributed by atoms with van der Waals surface area (Å²) in [5.41, 5.74) is 0.797. The number of hydrogen-bond acceptors (Lipinski definition) is 2. The molecule has 0 amide bonds. The normalized spacial score (nSPS) is 10.4. The van der Waals surface area contributed by atoms with Gasteiger partial charge in [0.05, 0.1) is 16.7 Å². The average molecular weight is 211 g/mol. The highest BCUT2D eigenvalue weighted by atomic mass is 35.5. The van der Waals surface area contributed by atoms with E-state index in [4.69, 9.17) is 23.3 Å². The van der Waals surface area contributed by atoms with Gasteiger partial charge in [-0.1, -0.05) is 17.7 Å². The van der Waals surface area contributed by atoms with E-state index in [9.17, 15) is 4.79 Å². The number of benzene rings is 1. The molecule has 74 valence electrons. The van der Waals surface area contributed by atoms with E-state index in [1.165, 1.54) is 6.07 Å². The number of ether oxygens (including phenoxy) is 1. The first-order valence-electron chi connectivity index (χ1n) is 4.26. The average Bonchev–Trinajstić information content (AvgIpc) is 2.08. The Morgan fingerprint density at radius 3 is 2.71 bits per heavy atom. The minimum atomic E-state index is -0.447. The number of esters is 1. The Morgan fingerprint density at radius 1 is 1.50 bits per heavy atom. The molecule has 0 aromatic heterocycles. The fraction of sp³-hybridized carbons (Fsp3) is 0.273. The second-order valence-electron chi connectivity index (χ2n) is 3.19. The number of carbonyl (C=O) groups is 1. The van der Waals surface area contributed by atoms with Crippen molar-refractivity contribution in [1.82, 2.24) is 0 Å². The molecule has 14 heavy (non-hydrogen) atoms.